The molecule has 0 atom stereocenters. The average molecular weight is 329 g/mol. The van der Waals surface area contributed by atoms with Crippen molar-refractivity contribution in [3.8, 4) is 11.5 Å². The molecule has 0 heterocycles. The minimum absolute atomic E-state index is 0.0612. The Kier molecular flexibility index (Phi) is 5.42. The van der Waals surface area contributed by atoms with E-state index < -0.39 is 18.5 Å². The number of ether oxygens (including phenoxy) is 2. The fraction of sp³-hybridized carbons (Fsp3) is 0.222. The van der Waals surface area contributed by atoms with Gasteiger partial charge in [-0.05, 0) is 43.2 Å². The summed E-state index contributed by atoms with van der Waals surface area (Å²) in [6.45, 7) is 3.33. The molecule has 0 aliphatic carbocycles. The first kappa shape index (κ1) is 17.3. The van der Waals surface area contributed by atoms with Crippen molar-refractivity contribution in [3.63, 3.8) is 0 Å². The molecule has 0 aliphatic heterocycles. The van der Waals surface area contributed by atoms with Crippen LogP contribution in [0.5, 0.6) is 11.5 Å². The smallest absolute Gasteiger partial charge is 0.342 e. The highest BCUT2D eigenvalue weighted by Gasteiger charge is 2.17. The summed E-state index contributed by atoms with van der Waals surface area (Å²) in [4.78, 5) is 23.9. The Morgan fingerprint density at radius 2 is 1.92 bits per heavy atom. The van der Waals surface area contributed by atoms with Crippen LogP contribution >= 0.6 is 0 Å². The molecule has 0 saturated carbocycles. The number of carbonyl (C=O) groups is 2. The molecule has 0 bridgehead atoms. The molecule has 0 aliphatic rings. The van der Waals surface area contributed by atoms with Gasteiger partial charge in [-0.1, -0.05) is 18.2 Å². The number of esters is 1. The molecule has 2 aromatic rings. The number of methoxy groups -OCH3 is 1. The monoisotopic (exact) mass is 329 g/mol. The van der Waals surface area contributed by atoms with Gasteiger partial charge in [-0.25, -0.2) is 4.79 Å². The van der Waals surface area contributed by atoms with Gasteiger partial charge in [0.15, 0.2) is 18.1 Å². The van der Waals surface area contributed by atoms with Crippen LogP contribution in [0.1, 0.15) is 21.5 Å². The number of carbonyl (C=O) groups excluding carboxylic acids is 2. The molecule has 0 radical (unpaired) electrons. The molecule has 24 heavy (non-hydrogen) atoms. The van der Waals surface area contributed by atoms with Crippen LogP contribution in [-0.4, -0.2) is 30.7 Å². The van der Waals surface area contributed by atoms with E-state index in [-0.39, 0.29) is 17.1 Å². The van der Waals surface area contributed by atoms with E-state index in [0.29, 0.717) is 5.69 Å². The van der Waals surface area contributed by atoms with Gasteiger partial charge in [-0.3, -0.25) is 4.79 Å². The average Bonchev–Trinajstić information content (AvgIpc) is 2.56. The normalized spacial score (nSPS) is 10.1. The minimum atomic E-state index is -0.803. The highest BCUT2D eigenvalue weighted by Crippen LogP contribution is 2.29. The molecular weight excluding hydrogens is 310 g/mol. The van der Waals surface area contributed by atoms with E-state index in [1.54, 1.807) is 6.07 Å². The number of anilines is 1. The van der Waals surface area contributed by atoms with Gasteiger partial charge in [-0.2, -0.15) is 0 Å². The second-order valence-electron chi connectivity index (χ2n) is 5.30. The Bertz CT molecular complexity index is 770. The third kappa shape index (κ3) is 4.04. The fourth-order valence-electron chi connectivity index (χ4n) is 2.12. The predicted molar refractivity (Wildman–Crippen MR) is 89.5 cm³/mol. The summed E-state index contributed by atoms with van der Waals surface area (Å²) in [5.41, 5.74) is 2.52. The van der Waals surface area contributed by atoms with E-state index in [1.807, 2.05) is 32.0 Å². The van der Waals surface area contributed by atoms with Crippen LogP contribution in [-0.2, 0) is 9.53 Å². The summed E-state index contributed by atoms with van der Waals surface area (Å²) >= 11 is 0. The predicted octanol–water partition coefficient (Wildman–Crippen LogP) is 2.81. The lowest BCUT2D eigenvalue weighted by atomic mass is 10.1. The second kappa shape index (κ2) is 7.50. The maximum atomic E-state index is 12.0. The van der Waals surface area contributed by atoms with Gasteiger partial charge in [0, 0.05) is 5.69 Å². The van der Waals surface area contributed by atoms with Crippen LogP contribution < -0.4 is 10.1 Å². The van der Waals surface area contributed by atoms with Crippen molar-refractivity contribution < 1.29 is 24.2 Å². The van der Waals surface area contributed by atoms with Crippen molar-refractivity contribution in [2.24, 2.45) is 0 Å². The van der Waals surface area contributed by atoms with Gasteiger partial charge in [0.1, 0.15) is 5.56 Å². The molecule has 0 saturated heterocycles. The number of benzene rings is 2. The number of hydrogen-bond acceptors (Lipinski definition) is 5. The summed E-state index contributed by atoms with van der Waals surface area (Å²) in [6, 6.07) is 10.1. The van der Waals surface area contributed by atoms with E-state index >= 15 is 0 Å². The van der Waals surface area contributed by atoms with E-state index in [2.05, 4.69) is 5.32 Å². The van der Waals surface area contributed by atoms with E-state index in [0.717, 1.165) is 11.1 Å². The van der Waals surface area contributed by atoms with Gasteiger partial charge >= 0.3 is 5.97 Å². The summed E-state index contributed by atoms with van der Waals surface area (Å²) in [6.07, 6.45) is 0. The molecule has 0 unspecified atom stereocenters. The highest BCUT2D eigenvalue weighted by molar-refractivity contribution is 5.97. The first-order valence-electron chi connectivity index (χ1n) is 7.32. The Morgan fingerprint density at radius 3 is 2.62 bits per heavy atom. The van der Waals surface area contributed by atoms with Crippen LogP contribution in [0.2, 0.25) is 0 Å². The van der Waals surface area contributed by atoms with Crippen molar-refractivity contribution in [1.82, 2.24) is 0 Å². The van der Waals surface area contributed by atoms with Crippen molar-refractivity contribution in [1.29, 1.82) is 0 Å². The largest absolute Gasteiger partial charge is 0.504 e. The number of para-hydroxylation sites is 1. The summed E-state index contributed by atoms with van der Waals surface area (Å²) in [5.74, 6) is -1.42. The fourth-order valence-corrected chi connectivity index (χ4v) is 2.12. The molecule has 6 nitrogen and oxygen atoms in total. The molecule has 0 fully saturated rings. The van der Waals surface area contributed by atoms with Crippen LogP contribution in [0.15, 0.2) is 36.4 Å². The lowest BCUT2D eigenvalue weighted by molar-refractivity contribution is -0.119. The number of rotatable bonds is 5. The molecule has 6 heteroatoms. The maximum absolute atomic E-state index is 12.0. The maximum Gasteiger partial charge on any atom is 0.342 e. The number of aromatic hydroxyl groups is 1. The molecule has 0 aromatic heterocycles. The first-order chi connectivity index (χ1) is 11.4. The summed E-state index contributed by atoms with van der Waals surface area (Å²) in [7, 11) is 1.38. The minimum Gasteiger partial charge on any atom is -0.504 e. The lowest BCUT2D eigenvalue weighted by Crippen LogP contribution is -2.21. The molecule has 2 aromatic carbocycles. The van der Waals surface area contributed by atoms with Crippen LogP contribution in [0.4, 0.5) is 5.69 Å². The number of aryl methyl sites for hydroxylation is 2. The standard InChI is InChI=1S/C18H19NO5/c1-11-7-8-12(2)14(9-11)19-16(20)10-24-18(22)13-5-4-6-15(23-3)17(13)21/h4-9,21H,10H2,1-3H3,(H,19,20). The number of hydrogen-bond donors (Lipinski definition) is 2. The van der Waals surface area contributed by atoms with Gasteiger partial charge in [0.05, 0.1) is 7.11 Å². The van der Waals surface area contributed by atoms with Gasteiger partial charge < -0.3 is 19.9 Å². The zero-order valence-electron chi connectivity index (χ0n) is 13.8. The third-order valence-corrected chi connectivity index (χ3v) is 3.44. The molecule has 2 rings (SSSR count). The van der Waals surface area contributed by atoms with E-state index in [9.17, 15) is 14.7 Å². The Labute approximate surface area is 140 Å². The van der Waals surface area contributed by atoms with Crippen molar-refractivity contribution in [2.75, 3.05) is 19.0 Å². The van der Waals surface area contributed by atoms with Crippen molar-refractivity contribution >= 4 is 17.6 Å². The topological polar surface area (TPSA) is 84.9 Å². The van der Waals surface area contributed by atoms with Crippen molar-refractivity contribution in [3.05, 3.63) is 53.1 Å². The summed E-state index contributed by atoms with van der Waals surface area (Å²) in [5, 5.41) is 12.6. The Hall–Kier alpha value is -3.02. The number of nitrogens with one attached hydrogen (secondary N) is 1. The zero-order chi connectivity index (χ0) is 17.7. The van der Waals surface area contributed by atoms with E-state index in [4.69, 9.17) is 9.47 Å². The Morgan fingerprint density at radius 1 is 1.17 bits per heavy atom. The van der Waals surface area contributed by atoms with Gasteiger partial charge in [0.25, 0.3) is 5.91 Å². The quantitative estimate of drug-likeness (QED) is 0.824. The number of phenolic OH excluding ortho intramolecular Hbond substituents is 1. The van der Waals surface area contributed by atoms with Gasteiger partial charge in [-0.15, -0.1) is 0 Å². The zero-order valence-corrected chi connectivity index (χ0v) is 13.8. The SMILES string of the molecule is COc1cccc(C(=O)OCC(=O)Nc2cc(C)ccc2C)c1O. The number of phenols is 1. The van der Waals surface area contributed by atoms with Gasteiger partial charge in [0.2, 0.25) is 0 Å². The molecule has 0 spiro atoms. The van der Waals surface area contributed by atoms with Crippen molar-refractivity contribution in [2.45, 2.75) is 13.8 Å². The molecule has 2 N–H and O–H groups in total. The first-order valence-corrected chi connectivity index (χ1v) is 7.32. The summed E-state index contributed by atoms with van der Waals surface area (Å²) < 4.78 is 9.87. The van der Waals surface area contributed by atoms with E-state index in [1.165, 1.54) is 19.2 Å². The Balaban J connectivity index is 1.99. The lowest BCUT2D eigenvalue weighted by Gasteiger charge is -2.11. The molecule has 126 valence electrons. The van der Waals surface area contributed by atoms with Crippen LogP contribution in [0.25, 0.3) is 0 Å². The molecule has 1 amide bonds. The number of amides is 1. The molecular formula is C18H19NO5. The third-order valence-electron chi connectivity index (χ3n) is 3.44. The van der Waals surface area contributed by atoms with Crippen LogP contribution in [0.3, 0.4) is 0 Å². The highest BCUT2D eigenvalue weighted by atomic mass is 16.5. The van der Waals surface area contributed by atoms with Crippen LogP contribution in [0, 0.1) is 13.8 Å². The second-order valence-corrected chi connectivity index (χ2v) is 5.30.